The van der Waals surface area contributed by atoms with Crippen molar-refractivity contribution in [1.82, 2.24) is 0 Å². The van der Waals surface area contributed by atoms with Crippen molar-refractivity contribution >= 4 is 22.5 Å². The molecular weight excluding hydrogens is 275 g/mol. The maximum atomic E-state index is 2.36. The molecule has 0 rings (SSSR count). The normalized spacial score (nSPS) is 13.1. The van der Waals surface area contributed by atoms with Gasteiger partial charge in [-0.1, -0.05) is 0 Å². The fourth-order valence-electron chi connectivity index (χ4n) is 1.76. The molecule has 1 unspecified atom stereocenters. The van der Waals surface area contributed by atoms with Crippen molar-refractivity contribution in [2.75, 3.05) is 0 Å². The third-order valence-electron chi connectivity index (χ3n) is 2.74. The fraction of sp³-hybridized carbons (Fsp3) is 1.00. The van der Waals surface area contributed by atoms with Crippen LogP contribution in [0, 0.1) is 0 Å². The summed E-state index contributed by atoms with van der Waals surface area (Å²) >= 11 is 1.72. The van der Waals surface area contributed by atoms with Crippen LogP contribution in [0.4, 0.5) is 0 Å². The molecule has 0 spiro atoms. The van der Waals surface area contributed by atoms with Crippen LogP contribution in [0.1, 0.15) is 78.1 Å². The molecule has 0 aliphatic carbocycles. The summed E-state index contributed by atoms with van der Waals surface area (Å²) in [5.41, 5.74) is 0. The molecule has 14 heavy (non-hydrogen) atoms. The van der Waals surface area contributed by atoms with Crippen LogP contribution < -0.4 is 0 Å². The molecule has 1 atom stereocenters. The predicted octanol–water partition coefficient (Wildman–Crippen LogP) is 4.88. The quantitative estimate of drug-likeness (QED) is 0.398. The zero-order chi connectivity index (χ0) is 10.6. The van der Waals surface area contributed by atoms with Gasteiger partial charge in [-0.3, -0.25) is 0 Å². The van der Waals surface area contributed by atoms with Crippen LogP contribution in [-0.2, 0) is 0 Å². The van der Waals surface area contributed by atoms with Crippen LogP contribution in [0.3, 0.4) is 0 Å². The van der Waals surface area contributed by atoms with Crippen molar-refractivity contribution in [3.63, 3.8) is 0 Å². The molecule has 0 fully saturated rings. The first kappa shape index (κ1) is 14.8. The summed E-state index contributed by atoms with van der Waals surface area (Å²) in [6.07, 6.45) is 14.6. The summed E-state index contributed by atoms with van der Waals surface area (Å²) in [4.78, 5) is 0. The van der Waals surface area contributed by atoms with E-state index in [0.29, 0.717) is 0 Å². The van der Waals surface area contributed by atoms with Crippen molar-refractivity contribution in [3.05, 3.63) is 0 Å². The van der Waals surface area contributed by atoms with Crippen LogP contribution in [0.15, 0.2) is 0 Å². The van der Waals surface area contributed by atoms with Crippen LogP contribution >= 0.6 is 0 Å². The zero-order valence-electron chi connectivity index (χ0n) is 10.1. The standard InChI is InChI=1S/C13H27.Sn/c1-3-5-7-9-11-13-12-10-8-6-4-2;/h3H,4-13H2,1-2H3;. The Morgan fingerprint density at radius 1 is 0.786 bits per heavy atom. The first-order valence-corrected chi connectivity index (χ1v) is 8.13. The van der Waals surface area contributed by atoms with Gasteiger partial charge in [-0.15, -0.1) is 0 Å². The molecule has 0 aromatic heterocycles. The number of unbranched alkanes of at least 4 members (excludes halogenated alkanes) is 8. The van der Waals surface area contributed by atoms with E-state index in [4.69, 9.17) is 0 Å². The fourth-order valence-corrected chi connectivity index (χ4v) is 2.34. The second kappa shape index (κ2) is 11.9. The Morgan fingerprint density at radius 2 is 1.21 bits per heavy atom. The van der Waals surface area contributed by atoms with Gasteiger partial charge in [0, 0.05) is 0 Å². The molecule has 0 bridgehead atoms. The Hall–Kier alpha value is 0.799. The Bertz CT molecular complexity index is 99.4. The molecule has 3 radical (unpaired) electrons. The van der Waals surface area contributed by atoms with Gasteiger partial charge in [-0.25, -0.2) is 0 Å². The molecular formula is C13H27Sn. The summed E-state index contributed by atoms with van der Waals surface area (Å²) in [5, 5.41) is 0. The summed E-state index contributed by atoms with van der Waals surface area (Å²) in [6.45, 7) is 4.65. The van der Waals surface area contributed by atoms with Crippen LogP contribution in [0.25, 0.3) is 0 Å². The molecule has 0 aliphatic rings. The Labute approximate surface area is 104 Å². The van der Waals surface area contributed by atoms with Crippen LogP contribution in [0.2, 0.25) is 3.93 Å². The van der Waals surface area contributed by atoms with Gasteiger partial charge in [0.15, 0.2) is 0 Å². The number of hydrogen-bond acceptors (Lipinski definition) is 0. The summed E-state index contributed by atoms with van der Waals surface area (Å²) in [7, 11) is 0. The Balaban J connectivity index is 2.85. The van der Waals surface area contributed by atoms with E-state index in [1.54, 1.807) is 22.5 Å². The first-order chi connectivity index (χ1) is 6.77. The molecule has 0 amide bonds. The SMILES string of the molecule is CCCCCCCCCCC[CH](C)[Sn]. The molecule has 1 heteroatoms. The maximum absolute atomic E-state index is 2.36. The molecule has 0 aliphatic heterocycles. The van der Waals surface area contributed by atoms with E-state index < -0.39 is 0 Å². The average Bonchev–Trinajstić information content (AvgIpc) is 2.15. The Kier molecular flexibility index (Phi) is 12.5. The monoisotopic (exact) mass is 303 g/mol. The van der Waals surface area contributed by atoms with Crippen molar-refractivity contribution in [3.8, 4) is 0 Å². The molecule has 0 nitrogen and oxygen atoms in total. The summed E-state index contributed by atoms with van der Waals surface area (Å²) in [5.74, 6) is 0. The van der Waals surface area contributed by atoms with E-state index in [2.05, 4.69) is 13.8 Å². The van der Waals surface area contributed by atoms with Gasteiger partial charge in [0.05, 0.1) is 0 Å². The van der Waals surface area contributed by atoms with Crippen LogP contribution in [0.5, 0.6) is 0 Å². The van der Waals surface area contributed by atoms with E-state index in [1.165, 1.54) is 64.2 Å². The molecule has 0 saturated carbocycles. The minimum absolute atomic E-state index is 0.992. The minimum atomic E-state index is 0.992. The molecule has 0 saturated heterocycles. The first-order valence-electron chi connectivity index (χ1n) is 6.48. The number of rotatable bonds is 10. The second-order valence-corrected chi connectivity index (χ2v) is 7.33. The number of hydrogen-bond donors (Lipinski definition) is 0. The van der Waals surface area contributed by atoms with Gasteiger partial charge in [0.2, 0.25) is 0 Å². The van der Waals surface area contributed by atoms with E-state index in [0.717, 1.165) is 3.93 Å². The van der Waals surface area contributed by atoms with Gasteiger partial charge < -0.3 is 0 Å². The summed E-state index contributed by atoms with van der Waals surface area (Å²) in [6, 6.07) is 0. The van der Waals surface area contributed by atoms with Gasteiger partial charge in [0.25, 0.3) is 0 Å². The van der Waals surface area contributed by atoms with E-state index >= 15 is 0 Å². The molecule has 0 aromatic carbocycles. The topological polar surface area (TPSA) is 0 Å². The zero-order valence-corrected chi connectivity index (χ0v) is 13.0. The third kappa shape index (κ3) is 12.8. The average molecular weight is 302 g/mol. The van der Waals surface area contributed by atoms with Gasteiger partial charge in [0.1, 0.15) is 0 Å². The molecule has 0 heterocycles. The van der Waals surface area contributed by atoms with E-state index in [9.17, 15) is 0 Å². The van der Waals surface area contributed by atoms with Crippen molar-refractivity contribution in [1.29, 1.82) is 0 Å². The van der Waals surface area contributed by atoms with Crippen molar-refractivity contribution in [2.45, 2.75) is 82.0 Å². The van der Waals surface area contributed by atoms with Gasteiger partial charge in [-0.2, -0.15) is 0 Å². The van der Waals surface area contributed by atoms with Gasteiger partial charge in [-0.05, 0) is 0 Å². The van der Waals surface area contributed by atoms with E-state index in [1.807, 2.05) is 0 Å². The van der Waals surface area contributed by atoms with Gasteiger partial charge >= 0.3 is 105 Å². The predicted molar refractivity (Wildman–Crippen MR) is 67.0 cm³/mol. The molecule has 0 N–H and O–H groups in total. The van der Waals surface area contributed by atoms with Crippen molar-refractivity contribution in [2.24, 2.45) is 0 Å². The second-order valence-electron chi connectivity index (χ2n) is 4.52. The third-order valence-corrected chi connectivity index (χ3v) is 3.56. The van der Waals surface area contributed by atoms with Crippen LogP contribution in [-0.4, -0.2) is 22.5 Å². The van der Waals surface area contributed by atoms with E-state index in [-0.39, 0.29) is 0 Å². The molecule has 0 aromatic rings. The van der Waals surface area contributed by atoms with Crippen molar-refractivity contribution < 1.29 is 0 Å². The Morgan fingerprint density at radius 3 is 1.64 bits per heavy atom. The molecule has 83 valence electrons. The summed E-state index contributed by atoms with van der Waals surface area (Å²) < 4.78 is 0.992.